The fourth-order valence-electron chi connectivity index (χ4n) is 3.06. The topological polar surface area (TPSA) is 85.4 Å². The molecule has 2 N–H and O–H groups in total. The van der Waals surface area contributed by atoms with Crippen LogP contribution in [0.5, 0.6) is 5.75 Å². The van der Waals surface area contributed by atoms with Crippen molar-refractivity contribution in [2.45, 2.75) is 31.3 Å². The number of hydrogen-bond acceptors (Lipinski definition) is 6. The van der Waals surface area contributed by atoms with Gasteiger partial charge in [0.25, 0.3) is 0 Å². The number of aromatic nitrogens is 2. The van der Waals surface area contributed by atoms with Crippen molar-refractivity contribution in [3.8, 4) is 5.75 Å². The molecule has 1 saturated heterocycles. The lowest BCUT2D eigenvalue weighted by molar-refractivity contribution is -0.122. The van der Waals surface area contributed by atoms with Crippen LogP contribution in [0.2, 0.25) is 0 Å². The molecule has 3 rings (SSSR count). The van der Waals surface area contributed by atoms with Crippen LogP contribution in [-0.2, 0) is 16.0 Å². The van der Waals surface area contributed by atoms with E-state index in [-0.39, 0.29) is 18.0 Å². The molecule has 138 valence electrons. The van der Waals surface area contributed by atoms with E-state index in [0.717, 1.165) is 23.6 Å². The Morgan fingerprint density at radius 2 is 2.19 bits per heavy atom. The predicted molar refractivity (Wildman–Crippen MR) is 98.1 cm³/mol. The number of rotatable bonds is 7. The highest BCUT2D eigenvalue weighted by Crippen LogP contribution is 2.19. The van der Waals surface area contributed by atoms with Crippen LogP contribution < -0.4 is 15.4 Å². The summed E-state index contributed by atoms with van der Waals surface area (Å²) in [5.74, 6) is 1.57. The van der Waals surface area contributed by atoms with Crippen molar-refractivity contribution in [1.29, 1.82) is 0 Å². The largest absolute Gasteiger partial charge is 0.496 e. The van der Waals surface area contributed by atoms with Crippen LogP contribution in [0.3, 0.4) is 0 Å². The molecule has 0 saturated carbocycles. The molecule has 2 atom stereocenters. The van der Waals surface area contributed by atoms with Gasteiger partial charge in [-0.1, -0.05) is 18.2 Å². The van der Waals surface area contributed by atoms with E-state index in [1.807, 2.05) is 24.3 Å². The molecule has 0 radical (unpaired) electrons. The Balaban J connectivity index is 1.54. The zero-order valence-electron chi connectivity index (χ0n) is 14.9. The summed E-state index contributed by atoms with van der Waals surface area (Å²) >= 11 is 0. The Hall–Kier alpha value is -2.67. The van der Waals surface area contributed by atoms with Crippen LogP contribution in [0.1, 0.15) is 18.4 Å². The van der Waals surface area contributed by atoms with Crippen molar-refractivity contribution < 1.29 is 14.3 Å². The van der Waals surface area contributed by atoms with E-state index in [0.29, 0.717) is 26.1 Å². The highest BCUT2D eigenvalue weighted by Gasteiger charge is 2.27. The number of hydrogen-bond donors (Lipinski definition) is 2. The number of amides is 1. The molecule has 1 amide bonds. The molecule has 1 aromatic heterocycles. The fraction of sp³-hybridized carbons (Fsp3) is 0.421. The molecule has 1 aliphatic rings. The van der Waals surface area contributed by atoms with Gasteiger partial charge in [0.2, 0.25) is 5.91 Å². The van der Waals surface area contributed by atoms with Gasteiger partial charge in [-0.15, -0.1) is 0 Å². The molecule has 7 heteroatoms. The lowest BCUT2D eigenvalue weighted by atomic mass is 10.0. The van der Waals surface area contributed by atoms with E-state index in [4.69, 9.17) is 9.47 Å². The van der Waals surface area contributed by atoms with Crippen molar-refractivity contribution in [3.63, 3.8) is 0 Å². The minimum Gasteiger partial charge on any atom is -0.496 e. The third kappa shape index (κ3) is 4.92. The highest BCUT2D eigenvalue weighted by molar-refractivity contribution is 5.76. The van der Waals surface area contributed by atoms with E-state index in [2.05, 4.69) is 20.6 Å². The van der Waals surface area contributed by atoms with Gasteiger partial charge >= 0.3 is 0 Å². The molecule has 0 unspecified atom stereocenters. The van der Waals surface area contributed by atoms with Crippen LogP contribution >= 0.6 is 0 Å². The van der Waals surface area contributed by atoms with Gasteiger partial charge < -0.3 is 20.1 Å². The first-order valence-electron chi connectivity index (χ1n) is 8.78. The standard InChI is InChI=1S/C19H24N4O3/c1-25-17-5-3-2-4-14(17)6-7-19(24)23-15-9-11-26-12-16(15)22-18-8-10-20-13-21-18/h2-5,8,10,13,15-16H,6-7,9,11-12H2,1H3,(H,23,24)(H,20,21,22)/t15-,16+/m0/s1. The second-order valence-corrected chi connectivity index (χ2v) is 6.19. The normalized spacial score (nSPS) is 19.6. The summed E-state index contributed by atoms with van der Waals surface area (Å²) < 4.78 is 10.9. The number of methoxy groups -OCH3 is 1. The third-order valence-corrected chi connectivity index (χ3v) is 4.43. The zero-order chi connectivity index (χ0) is 18.2. The summed E-state index contributed by atoms with van der Waals surface area (Å²) in [7, 11) is 1.64. The summed E-state index contributed by atoms with van der Waals surface area (Å²) in [6, 6.07) is 9.56. The Morgan fingerprint density at radius 3 is 3.00 bits per heavy atom. The van der Waals surface area contributed by atoms with Crippen LogP contribution in [-0.4, -0.2) is 48.3 Å². The highest BCUT2D eigenvalue weighted by atomic mass is 16.5. The van der Waals surface area contributed by atoms with Gasteiger partial charge in [0.05, 0.1) is 25.8 Å². The minimum absolute atomic E-state index is 0.00360. The van der Waals surface area contributed by atoms with Gasteiger partial charge in [-0.2, -0.15) is 0 Å². The Kier molecular flexibility index (Phi) is 6.38. The maximum atomic E-state index is 12.4. The summed E-state index contributed by atoms with van der Waals surface area (Å²) in [5.41, 5.74) is 1.03. The molecule has 1 aromatic carbocycles. The monoisotopic (exact) mass is 356 g/mol. The molecule has 1 aliphatic heterocycles. The van der Waals surface area contributed by atoms with Crippen molar-refractivity contribution >= 4 is 11.7 Å². The van der Waals surface area contributed by atoms with Crippen molar-refractivity contribution in [2.24, 2.45) is 0 Å². The average Bonchev–Trinajstić information content (AvgIpc) is 2.69. The van der Waals surface area contributed by atoms with Gasteiger partial charge in [0.15, 0.2) is 0 Å². The second-order valence-electron chi connectivity index (χ2n) is 6.19. The number of ether oxygens (including phenoxy) is 2. The van der Waals surface area contributed by atoms with E-state index in [1.165, 1.54) is 6.33 Å². The van der Waals surface area contributed by atoms with E-state index in [9.17, 15) is 4.79 Å². The number of para-hydroxylation sites is 1. The van der Waals surface area contributed by atoms with Crippen molar-refractivity contribution in [3.05, 3.63) is 48.4 Å². The summed E-state index contributed by atoms with van der Waals surface area (Å²) in [6.45, 7) is 1.17. The predicted octanol–water partition coefficient (Wildman–Crippen LogP) is 1.80. The third-order valence-electron chi connectivity index (χ3n) is 4.43. The molecule has 26 heavy (non-hydrogen) atoms. The van der Waals surface area contributed by atoms with Crippen molar-refractivity contribution in [1.82, 2.24) is 15.3 Å². The van der Waals surface area contributed by atoms with Gasteiger partial charge in [-0.3, -0.25) is 4.79 Å². The summed E-state index contributed by atoms with van der Waals surface area (Å²) in [6.07, 6.45) is 5.00. The molecule has 0 bridgehead atoms. The van der Waals surface area contributed by atoms with Crippen LogP contribution in [0, 0.1) is 0 Å². The maximum absolute atomic E-state index is 12.4. The first kappa shape index (κ1) is 18.1. The molecule has 2 heterocycles. The SMILES string of the molecule is COc1ccccc1CCC(=O)N[C@H]1CCOC[C@H]1Nc1ccncn1. The first-order chi connectivity index (χ1) is 12.8. The fourth-order valence-corrected chi connectivity index (χ4v) is 3.06. The minimum atomic E-state index is -0.0196. The van der Waals surface area contributed by atoms with E-state index >= 15 is 0 Å². The van der Waals surface area contributed by atoms with E-state index in [1.54, 1.807) is 19.4 Å². The number of benzene rings is 1. The lowest BCUT2D eigenvalue weighted by Gasteiger charge is -2.33. The summed E-state index contributed by atoms with van der Waals surface area (Å²) in [4.78, 5) is 20.5. The molecule has 0 aliphatic carbocycles. The van der Waals surface area contributed by atoms with E-state index < -0.39 is 0 Å². The van der Waals surface area contributed by atoms with Gasteiger partial charge in [-0.05, 0) is 30.5 Å². The van der Waals surface area contributed by atoms with Gasteiger partial charge in [0.1, 0.15) is 17.9 Å². The Morgan fingerprint density at radius 1 is 1.31 bits per heavy atom. The summed E-state index contributed by atoms with van der Waals surface area (Å²) in [5, 5.41) is 6.45. The Bertz CT molecular complexity index is 711. The molecular weight excluding hydrogens is 332 g/mol. The molecule has 1 fully saturated rings. The molecular formula is C19H24N4O3. The molecule has 7 nitrogen and oxygen atoms in total. The number of carbonyl (C=O) groups excluding carboxylic acids is 1. The number of aryl methyl sites for hydroxylation is 1. The number of carbonyl (C=O) groups is 1. The van der Waals surface area contributed by atoms with Crippen molar-refractivity contribution in [2.75, 3.05) is 25.6 Å². The first-order valence-corrected chi connectivity index (χ1v) is 8.78. The second kappa shape index (κ2) is 9.15. The quantitative estimate of drug-likeness (QED) is 0.787. The van der Waals surface area contributed by atoms with Gasteiger partial charge in [-0.25, -0.2) is 9.97 Å². The lowest BCUT2D eigenvalue weighted by Crippen LogP contribution is -2.52. The van der Waals surface area contributed by atoms with Crippen LogP contribution in [0.15, 0.2) is 42.9 Å². The van der Waals surface area contributed by atoms with Gasteiger partial charge in [0, 0.05) is 19.2 Å². The van der Waals surface area contributed by atoms with Crippen LogP contribution in [0.25, 0.3) is 0 Å². The number of nitrogens with one attached hydrogen (secondary N) is 2. The Labute approximate surface area is 153 Å². The number of anilines is 1. The maximum Gasteiger partial charge on any atom is 0.220 e. The average molecular weight is 356 g/mol. The molecule has 0 spiro atoms. The van der Waals surface area contributed by atoms with Crippen LogP contribution in [0.4, 0.5) is 5.82 Å². The zero-order valence-corrected chi connectivity index (χ0v) is 14.9. The molecule has 2 aromatic rings. The smallest absolute Gasteiger partial charge is 0.220 e. The number of nitrogens with zero attached hydrogens (tertiary/aromatic N) is 2.